The van der Waals surface area contributed by atoms with Crippen LogP contribution in [0, 0.1) is 17.7 Å². The number of rotatable bonds is 15. The standard InChI is InChI=1S/C36H42FN3O4/c1-6-7-33-22-31(38-40(33)32-16-10-27(11-17-32)20-25(2)3)24-43-34-18-12-28(13-19-34)21-35(36(41)42-5)26(4)39-44-23-29-8-14-30(37)15-9-29/h8-19,22,25,35H,6-7,20-21,23-24H2,1-5H3/b39-26+. The van der Waals surface area contributed by atoms with Gasteiger partial charge >= 0.3 is 5.97 Å². The van der Waals surface area contributed by atoms with Crippen molar-refractivity contribution in [2.24, 2.45) is 17.0 Å². The third-order valence-electron chi connectivity index (χ3n) is 7.26. The maximum Gasteiger partial charge on any atom is 0.314 e. The SMILES string of the molecule is CCCc1cc(COc2ccc(CC(C(=O)OC)/C(C)=N/OCc3ccc(F)cc3)cc2)nn1-c1ccc(CC(C)C)cc1. The Bertz CT molecular complexity index is 1510. The third-order valence-corrected chi connectivity index (χ3v) is 7.26. The Labute approximate surface area is 259 Å². The van der Waals surface area contributed by atoms with Crippen LogP contribution in [0.5, 0.6) is 5.75 Å². The lowest BCUT2D eigenvalue weighted by molar-refractivity contribution is -0.143. The fraction of sp³-hybridized carbons (Fsp3) is 0.361. The minimum absolute atomic E-state index is 0.167. The number of hydrogen-bond donors (Lipinski definition) is 0. The van der Waals surface area contributed by atoms with Crippen LogP contribution in [0.1, 0.15) is 62.2 Å². The molecule has 0 fully saturated rings. The van der Waals surface area contributed by atoms with Crippen LogP contribution in [0.2, 0.25) is 0 Å². The van der Waals surface area contributed by atoms with E-state index < -0.39 is 11.9 Å². The van der Waals surface area contributed by atoms with Crippen LogP contribution in [0.15, 0.2) is 84.0 Å². The maximum atomic E-state index is 13.1. The van der Waals surface area contributed by atoms with E-state index in [0.717, 1.165) is 47.5 Å². The van der Waals surface area contributed by atoms with Crippen molar-refractivity contribution >= 4 is 11.7 Å². The molecule has 0 N–H and O–H groups in total. The zero-order valence-electron chi connectivity index (χ0n) is 26.3. The van der Waals surface area contributed by atoms with Gasteiger partial charge in [0.05, 0.1) is 18.5 Å². The normalized spacial score (nSPS) is 12.3. The average molecular weight is 600 g/mol. The summed E-state index contributed by atoms with van der Waals surface area (Å²) in [6, 6.07) is 24.4. The number of aromatic nitrogens is 2. The maximum absolute atomic E-state index is 13.1. The van der Waals surface area contributed by atoms with E-state index >= 15 is 0 Å². The Morgan fingerprint density at radius 2 is 1.55 bits per heavy atom. The number of esters is 1. The molecule has 0 radical (unpaired) electrons. The summed E-state index contributed by atoms with van der Waals surface area (Å²) < 4.78 is 26.3. The molecular weight excluding hydrogens is 557 g/mol. The molecule has 232 valence electrons. The topological polar surface area (TPSA) is 74.9 Å². The summed E-state index contributed by atoms with van der Waals surface area (Å²) >= 11 is 0. The van der Waals surface area contributed by atoms with Crippen molar-refractivity contribution < 1.29 is 23.5 Å². The number of carbonyl (C=O) groups excluding carboxylic acids is 1. The molecule has 1 aromatic heterocycles. The molecule has 7 nitrogen and oxygen atoms in total. The predicted molar refractivity (Wildman–Crippen MR) is 170 cm³/mol. The molecule has 4 aromatic rings. The van der Waals surface area contributed by atoms with E-state index in [4.69, 9.17) is 19.4 Å². The minimum Gasteiger partial charge on any atom is -0.487 e. The molecule has 1 unspecified atom stereocenters. The molecule has 8 heteroatoms. The van der Waals surface area contributed by atoms with Crippen molar-refractivity contribution in [2.75, 3.05) is 7.11 Å². The van der Waals surface area contributed by atoms with Crippen LogP contribution in [-0.4, -0.2) is 28.6 Å². The largest absolute Gasteiger partial charge is 0.487 e. The van der Waals surface area contributed by atoms with E-state index in [0.29, 0.717) is 30.4 Å². The fourth-order valence-electron chi connectivity index (χ4n) is 4.96. The second-order valence-corrected chi connectivity index (χ2v) is 11.4. The monoisotopic (exact) mass is 599 g/mol. The summed E-state index contributed by atoms with van der Waals surface area (Å²) in [5, 5.41) is 8.99. The third kappa shape index (κ3) is 9.27. The van der Waals surface area contributed by atoms with Crippen molar-refractivity contribution in [3.8, 4) is 11.4 Å². The van der Waals surface area contributed by atoms with Gasteiger partial charge in [0.15, 0.2) is 0 Å². The Kier molecular flexibility index (Phi) is 11.7. The van der Waals surface area contributed by atoms with Gasteiger partial charge in [0.2, 0.25) is 0 Å². The molecule has 1 heterocycles. The number of hydrogen-bond acceptors (Lipinski definition) is 6. The molecule has 0 aliphatic heterocycles. The van der Waals surface area contributed by atoms with Gasteiger partial charge in [-0.25, -0.2) is 9.07 Å². The van der Waals surface area contributed by atoms with Crippen LogP contribution in [0.3, 0.4) is 0 Å². The van der Waals surface area contributed by atoms with Crippen LogP contribution < -0.4 is 4.74 Å². The van der Waals surface area contributed by atoms with Crippen molar-refractivity contribution in [2.45, 2.75) is 66.6 Å². The number of ether oxygens (including phenoxy) is 2. The van der Waals surface area contributed by atoms with E-state index in [-0.39, 0.29) is 12.4 Å². The molecular formula is C36H42FN3O4. The Hall–Kier alpha value is -4.46. The highest BCUT2D eigenvalue weighted by atomic mass is 19.1. The number of benzene rings is 3. The van der Waals surface area contributed by atoms with Gasteiger partial charge in [-0.05, 0) is 91.3 Å². The molecule has 4 rings (SSSR count). The van der Waals surface area contributed by atoms with Crippen LogP contribution in [-0.2, 0) is 46.8 Å². The van der Waals surface area contributed by atoms with E-state index in [1.165, 1.54) is 24.8 Å². The summed E-state index contributed by atoms with van der Waals surface area (Å²) in [6.07, 6.45) is 3.40. The van der Waals surface area contributed by atoms with Gasteiger partial charge in [0.25, 0.3) is 0 Å². The lowest BCUT2D eigenvalue weighted by Gasteiger charge is -2.15. The quantitative estimate of drug-likeness (QED) is 0.0797. The second-order valence-electron chi connectivity index (χ2n) is 11.4. The van der Waals surface area contributed by atoms with Gasteiger partial charge in [0, 0.05) is 5.69 Å². The van der Waals surface area contributed by atoms with E-state index in [1.54, 1.807) is 19.1 Å². The zero-order chi connectivity index (χ0) is 31.5. The van der Waals surface area contributed by atoms with Crippen LogP contribution in [0.25, 0.3) is 5.69 Å². The number of aryl methyl sites for hydroxylation is 1. The Morgan fingerprint density at radius 3 is 2.18 bits per heavy atom. The molecule has 0 amide bonds. The van der Waals surface area contributed by atoms with Gasteiger partial charge in [-0.2, -0.15) is 5.10 Å². The van der Waals surface area contributed by atoms with Gasteiger partial charge < -0.3 is 14.3 Å². The van der Waals surface area contributed by atoms with Gasteiger partial charge in [-0.1, -0.05) is 68.7 Å². The first-order chi connectivity index (χ1) is 21.2. The van der Waals surface area contributed by atoms with Crippen molar-refractivity contribution in [1.82, 2.24) is 9.78 Å². The highest BCUT2D eigenvalue weighted by molar-refractivity contribution is 6.00. The number of halogens is 1. The van der Waals surface area contributed by atoms with Gasteiger partial charge in [-0.15, -0.1) is 0 Å². The average Bonchev–Trinajstić information content (AvgIpc) is 3.42. The molecule has 0 spiro atoms. The predicted octanol–water partition coefficient (Wildman–Crippen LogP) is 7.67. The van der Waals surface area contributed by atoms with Crippen molar-refractivity contribution in [3.05, 3.63) is 113 Å². The number of carbonyl (C=O) groups is 1. The summed E-state index contributed by atoms with van der Waals surface area (Å²) in [6.45, 7) is 8.87. The van der Waals surface area contributed by atoms with Crippen LogP contribution >= 0.6 is 0 Å². The minimum atomic E-state index is -0.611. The molecule has 0 bridgehead atoms. The van der Waals surface area contributed by atoms with Crippen LogP contribution in [0.4, 0.5) is 4.39 Å². The highest BCUT2D eigenvalue weighted by Crippen LogP contribution is 2.21. The summed E-state index contributed by atoms with van der Waals surface area (Å²) in [7, 11) is 1.36. The van der Waals surface area contributed by atoms with E-state index in [9.17, 15) is 9.18 Å². The Balaban J connectivity index is 1.37. The first-order valence-corrected chi connectivity index (χ1v) is 15.1. The van der Waals surface area contributed by atoms with Crippen molar-refractivity contribution in [3.63, 3.8) is 0 Å². The molecule has 0 aliphatic carbocycles. The number of oxime groups is 1. The highest BCUT2D eigenvalue weighted by Gasteiger charge is 2.24. The molecule has 0 saturated heterocycles. The molecule has 44 heavy (non-hydrogen) atoms. The van der Waals surface area contributed by atoms with Gasteiger partial charge in [-0.3, -0.25) is 4.79 Å². The lowest BCUT2D eigenvalue weighted by atomic mass is 9.95. The molecule has 1 atom stereocenters. The summed E-state index contributed by atoms with van der Waals surface area (Å²) in [4.78, 5) is 18.0. The first-order valence-electron chi connectivity index (χ1n) is 15.1. The van der Waals surface area contributed by atoms with Gasteiger partial charge in [0.1, 0.15) is 36.4 Å². The van der Waals surface area contributed by atoms with Crippen molar-refractivity contribution in [1.29, 1.82) is 0 Å². The summed E-state index contributed by atoms with van der Waals surface area (Å²) in [5.74, 6) is 0.00314. The second kappa shape index (κ2) is 15.8. The first kappa shape index (κ1) is 32.5. The van der Waals surface area contributed by atoms with E-state index in [2.05, 4.69) is 56.3 Å². The Morgan fingerprint density at radius 1 is 0.909 bits per heavy atom. The number of methoxy groups -OCH3 is 1. The number of nitrogens with zero attached hydrogens (tertiary/aromatic N) is 3. The summed E-state index contributed by atoms with van der Waals surface area (Å²) in [5.41, 5.74) is 6.60. The smallest absolute Gasteiger partial charge is 0.314 e. The molecule has 0 saturated carbocycles. The molecule has 0 aliphatic rings. The molecule has 3 aromatic carbocycles. The fourth-order valence-corrected chi connectivity index (χ4v) is 4.96. The lowest BCUT2D eigenvalue weighted by Crippen LogP contribution is -2.26. The zero-order valence-corrected chi connectivity index (χ0v) is 26.3. The van der Waals surface area contributed by atoms with E-state index in [1.807, 2.05) is 28.9 Å².